The number of carbonyl (C=O) groups excluding carboxylic acids is 2. The normalized spacial score (nSPS) is 17.8. The molecule has 7 nitrogen and oxygen atoms in total. The highest BCUT2D eigenvalue weighted by atomic mass is 16.7. The van der Waals surface area contributed by atoms with E-state index in [0.29, 0.717) is 13.1 Å². The Morgan fingerprint density at radius 3 is 1.59 bits per heavy atom. The van der Waals surface area contributed by atoms with Gasteiger partial charge in [-0.25, -0.2) is 0 Å². The number of hydrogen-bond donors (Lipinski definition) is 2. The highest BCUT2D eigenvalue weighted by Crippen LogP contribution is 2.40. The fraction of sp³-hybridized carbons (Fsp3) is 0.375. The van der Waals surface area contributed by atoms with Crippen LogP contribution in [0.2, 0.25) is 0 Å². The Morgan fingerprint density at radius 1 is 0.718 bits per heavy atom. The molecule has 3 aromatic carbocycles. The van der Waals surface area contributed by atoms with Crippen LogP contribution in [-0.2, 0) is 29.4 Å². The van der Waals surface area contributed by atoms with Gasteiger partial charge in [-0.3, -0.25) is 9.59 Å². The maximum Gasteiger partial charge on any atom is 0.309 e. The van der Waals surface area contributed by atoms with Gasteiger partial charge in [0.05, 0.1) is 18.4 Å². The monoisotopic (exact) mass is 530 g/mol. The lowest BCUT2D eigenvalue weighted by molar-refractivity contribution is -0.167. The molecule has 0 amide bonds. The van der Waals surface area contributed by atoms with Crippen molar-refractivity contribution in [2.45, 2.75) is 56.9 Å². The summed E-state index contributed by atoms with van der Waals surface area (Å²) in [5.41, 5.74) is 1.10. The largest absolute Gasteiger partial charge is 0.444 e. The van der Waals surface area contributed by atoms with Gasteiger partial charge in [-0.1, -0.05) is 91.0 Å². The number of rotatable bonds is 10. The Bertz CT molecular complexity index is 1100. The van der Waals surface area contributed by atoms with Gasteiger partial charge in [-0.2, -0.15) is 0 Å². The first-order chi connectivity index (χ1) is 18.8. The van der Waals surface area contributed by atoms with Crippen molar-refractivity contribution < 1.29 is 23.8 Å². The smallest absolute Gasteiger partial charge is 0.309 e. The van der Waals surface area contributed by atoms with Crippen molar-refractivity contribution in [2.24, 2.45) is 0 Å². The molecule has 0 aliphatic carbocycles. The van der Waals surface area contributed by atoms with Gasteiger partial charge in [0.25, 0.3) is 0 Å². The number of carbonyl (C=O) groups is 2. The van der Waals surface area contributed by atoms with Crippen molar-refractivity contribution in [3.63, 3.8) is 0 Å². The zero-order valence-corrected chi connectivity index (χ0v) is 22.9. The molecular formula is C32H38N2O5. The molecule has 1 fully saturated rings. The average molecular weight is 531 g/mol. The summed E-state index contributed by atoms with van der Waals surface area (Å²) in [6, 6.07) is 29.1. The van der Waals surface area contributed by atoms with Crippen LogP contribution in [0.15, 0.2) is 91.0 Å². The molecule has 2 N–H and O–H groups in total. The number of piperazine rings is 1. The quantitative estimate of drug-likeness (QED) is 0.226. The molecule has 1 aliphatic rings. The molecule has 0 aromatic heterocycles. The summed E-state index contributed by atoms with van der Waals surface area (Å²) in [5, 5.41) is 6.75. The zero-order valence-electron chi connectivity index (χ0n) is 22.9. The highest BCUT2D eigenvalue weighted by Gasteiger charge is 2.41. The lowest BCUT2D eigenvalue weighted by Gasteiger charge is -2.36. The van der Waals surface area contributed by atoms with Crippen LogP contribution >= 0.6 is 0 Å². The van der Waals surface area contributed by atoms with E-state index in [2.05, 4.69) is 10.6 Å². The molecular weight excluding hydrogens is 492 g/mol. The molecule has 3 aromatic rings. The van der Waals surface area contributed by atoms with Crippen LogP contribution in [0, 0.1) is 0 Å². The first-order valence-electron chi connectivity index (χ1n) is 13.4. The van der Waals surface area contributed by atoms with Crippen molar-refractivity contribution >= 4 is 11.9 Å². The molecule has 0 saturated carbocycles. The van der Waals surface area contributed by atoms with E-state index < -0.39 is 5.60 Å². The van der Waals surface area contributed by atoms with E-state index in [1.807, 2.05) is 112 Å². The van der Waals surface area contributed by atoms with E-state index in [-0.39, 0.29) is 49.3 Å². The maximum absolute atomic E-state index is 13.6. The standard InChI is InChI=1S/C32H38N2O5/c1-31(2,3)38-23-37-29(35)19-27-21-33-22-28(34-27)20-30(36)39-32(24-13-7-4-8-14-24,25-15-9-5-10-16-25)26-17-11-6-12-18-26/h4-18,27-28,33-34H,19-23H2,1-3H3/t27-,28+/m0/s1. The molecule has 7 heteroatoms. The van der Waals surface area contributed by atoms with Gasteiger partial charge in [0.15, 0.2) is 12.4 Å². The van der Waals surface area contributed by atoms with Gasteiger partial charge < -0.3 is 24.8 Å². The van der Waals surface area contributed by atoms with Gasteiger partial charge in [0.2, 0.25) is 0 Å². The highest BCUT2D eigenvalue weighted by molar-refractivity contribution is 5.73. The molecule has 39 heavy (non-hydrogen) atoms. The van der Waals surface area contributed by atoms with Crippen LogP contribution in [0.3, 0.4) is 0 Å². The molecule has 0 spiro atoms. The van der Waals surface area contributed by atoms with Crippen molar-refractivity contribution in [1.82, 2.24) is 10.6 Å². The molecule has 1 saturated heterocycles. The molecule has 2 atom stereocenters. The summed E-state index contributed by atoms with van der Waals surface area (Å²) in [6.45, 7) is 6.81. The maximum atomic E-state index is 13.6. The van der Waals surface area contributed by atoms with Crippen molar-refractivity contribution in [3.8, 4) is 0 Å². The van der Waals surface area contributed by atoms with Crippen LogP contribution < -0.4 is 10.6 Å². The fourth-order valence-corrected chi connectivity index (χ4v) is 4.79. The van der Waals surface area contributed by atoms with Crippen molar-refractivity contribution in [3.05, 3.63) is 108 Å². The van der Waals surface area contributed by atoms with Crippen molar-refractivity contribution in [1.29, 1.82) is 0 Å². The Hall–Kier alpha value is -3.52. The summed E-state index contributed by atoms with van der Waals surface area (Å²) in [6.07, 6.45) is 0.313. The van der Waals surface area contributed by atoms with E-state index in [9.17, 15) is 9.59 Å². The first kappa shape index (κ1) is 28.5. The number of hydrogen-bond acceptors (Lipinski definition) is 7. The molecule has 0 radical (unpaired) electrons. The molecule has 0 unspecified atom stereocenters. The van der Waals surface area contributed by atoms with E-state index >= 15 is 0 Å². The molecule has 206 valence electrons. The summed E-state index contributed by atoms with van der Waals surface area (Å²) >= 11 is 0. The summed E-state index contributed by atoms with van der Waals surface area (Å²) in [5.74, 6) is -0.689. The van der Waals surface area contributed by atoms with Crippen LogP contribution in [-0.4, -0.2) is 49.5 Å². The number of benzene rings is 3. The lowest BCUT2D eigenvalue weighted by atomic mass is 9.80. The van der Waals surface area contributed by atoms with Gasteiger partial charge in [-0.05, 0) is 20.8 Å². The predicted octanol–water partition coefficient (Wildman–Crippen LogP) is 4.55. The first-order valence-corrected chi connectivity index (χ1v) is 13.4. The lowest BCUT2D eigenvalue weighted by Crippen LogP contribution is -2.56. The minimum atomic E-state index is -1.11. The average Bonchev–Trinajstić information content (AvgIpc) is 2.92. The molecule has 4 rings (SSSR count). The second-order valence-corrected chi connectivity index (χ2v) is 10.8. The number of nitrogens with one attached hydrogen (secondary N) is 2. The van der Waals surface area contributed by atoms with Gasteiger partial charge in [-0.15, -0.1) is 0 Å². The Morgan fingerprint density at radius 2 is 1.15 bits per heavy atom. The molecule has 0 bridgehead atoms. The van der Waals surface area contributed by atoms with Gasteiger partial charge in [0.1, 0.15) is 0 Å². The zero-order chi connectivity index (χ0) is 27.7. The van der Waals surface area contributed by atoms with Crippen molar-refractivity contribution in [2.75, 3.05) is 19.9 Å². The summed E-state index contributed by atoms with van der Waals surface area (Å²) < 4.78 is 17.2. The minimum absolute atomic E-state index is 0.0845. The SMILES string of the molecule is CC(C)(C)OCOC(=O)C[C@H]1CNC[C@@H](CC(=O)OC(c2ccccc2)(c2ccccc2)c2ccccc2)N1. The Labute approximate surface area is 230 Å². The third-order valence-electron chi connectivity index (χ3n) is 6.60. The Kier molecular flexibility index (Phi) is 9.51. The minimum Gasteiger partial charge on any atom is -0.444 e. The molecule has 1 heterocycles. The second-order valence-electron chi connectivity index (χ2n) is 10.8. The summed E-state index contributed by atoms with van der Waals surface area (Å²) in [4.78, 5) is 25.9. The van der Waals surface area contributed by atoms with E-state index in [1.165, 1.54) is 0 Å². The van der Waals surface area contributed by atoms with Gasteiger partial charge in [0, 0.05) is 41.9 Å². The fourth-order valence-electron chi connectivity index (χ4n) is 4.79. The van der Waals surface area contributed by atoms with E-state index in [1.54, 1.807) is 0 Å². The Balaban J connectivity index is 1.49. The topological polar surface area (TPSA) is 85.9 Å². The molecule has 1 aliphatic heterocycles. The number of ether oxygens (including phenoxy) is 3. The van der Waals surface area contributed by atoms with Crippen LogP contribution in [0.4, 0.5) is 0 Å². The summed E-state index contributed by atoms with van der Waals surface area (Å²) in [7, 11) is 0. The van der Waals surface area contributed by atoms with Crippen LogP contribution in [0.1, 0.15) is 50.3 Å². The van der Waals surface area contributed by atoms with Crippen LogP contribution in [0.5, 0.6) is 0 Å². The van der Waals surface area contributed by atoms with Gasteiger partial charge >= 0.3 is 11.9 Å². The van der Waals surface area contributed by atoms with E-state index in [4.69, 9.17) is 14.2 Å². The number of esters is 2. The van der Waals surface area contributed by atoms with Crippen LogP contribution in [0.25, 0.3) is 0 Å². The third kappa shape index (κ3) is 7.76. The van der Waals surface area contributed by atoms with E-state index in [0.717, 1.165) is 16.7 Å². The second kappa shape index (κ2) is 13.0. The predicted molar refractivity (Wildman–Crippen MR) is 150 cm³/mol. The third-order valence-corrected chi connectivity index (χ3v) is 6.60.